The first-order valence-electron chi connectivity index (χ1n) is 5.80. The number of rotatable bonds is 4. The zero-order valence-electron chi connectivity index (χ0n) is 10.4. The van der Waals surface area contributed by atoms with E-state index >= 15 is 0 Å². The summed E-state index contributed by atoms with van der Waals surface area (Å²) in [6.45, 7) is 0. The molecule has 0 aromatic heterocycles. The Balaban J connectivity index is 0.000000454. The first kappa shape index (κ1) is 17.8. The molecule has 1 aliphatic rings. The summed E-state index contributed by atoms with van der Waals surface area (Å²) in [5, 5.41) is 11.0. The van der Waals surface area contributed by atoms with Gasteiger partial charge >= 0.3 is 17.1 Å². The van der Waals surface area contributed by atoms with Crippen LogP contribution in [0.2, 0.25) is 0 Å². The van der Waals surface area contributed by atoms with Crippen molar-refractivity contribution in [1.29, 1.82) is 0 Å². The van der Waals surface area contributed by atoms with Crippen LogP contribution < -0.4 is 5.11 Å². The molecule has 0 heterocycles. The maximum Gasteiger partial charge on any atom is 2.00 e. The average Bonchev–Trinajstić information content (AvgIpc) is 3.05. The molecule has 0 amide bonds. The monoisotopic (exact) mass is 318 g/mol. The Labute approximate surface area is 129 Å². The topological polar surface area (TPSA) is 40.1 Å². The standard InChI is InChI=1S/C10H11ClO2.C5H5.Fe/c11-10(13)7-3-6-9(12)8-4-1-2-5-8;1-2-4-5-3-1;/h1-2,4-5,12H,3,6-7H2;1-5H;/q;-1;+2/p-1. The molecular formula is C15H15ClFeO2. The minimum Gasteiger partial charge on any atom is -0.875 e. The molecule has 1 aliphatic carbocycles. The minimum absolute atomic E-state index is 0. The molecule has 2 nitrogen and oxygen atoms in total. The SMILES string of the molecule is O=C(Cl)CCCC([O-])=C1C=CC=C1.[Fe+2].c1cc[cH-]c1. The van der Waals surface area contributed by atoms with Crippen LogP contribution in [0.1, 0.15) is 19.3 Å². The summed E-state index contributed by atoms with van der Waals surface area (Å²) in [7, 11) is 0. The first-order valence-corrected chi connectivity index (χ1v) is 6.18. The first-order chi connectivity index (χ1) is 8.70. The fourth-order valence-electron chi connectivity index (χ4n) is 1.41. The normalized spacial score (nSPS) is 11.5. The van der Waals surface area contributed by atoms with Gasteiger partial charge in [0, 0.05) is 6.42 Å². The molecule has 0 spiro atoms. The summed E-state index contributed by atoms with van der Waals surface area (Å²) in [6, 6.07) is 10.0. The molecule has 19 heavy (non-hydrogen) atoms. The van der Waals surface area contributed by atoms with E-state index in [9.17, 15) is 9.90 Å². The molecule has 0 N–H and O–H groups in total. The van der Waals surface area contributed by atoms with Crippen molar-refractivity contribution < 1.29 is 27.0 Å². The summed E-state index contributed by atoms with van der Waals surface area (Å²) in [6.07, 6.45) is 8.37. The van der Waals surface area contributed by atoms with Crippen LogP contribution in [0.25, 0.3) is 0 Å². The molecule has 0 saturated heterocycles. The van der Waals surface area contributed by atoms with Crippen LogP contribution >= 0.6 is 11.6 Å². The molecular weight excluding hydrogens is 303 g/mol. The van der Waals surface area contributed by atoms with Crippen LogP contribution in [0, 0.1) is 0 Å². The predicted octanol–water partition coefficient (Wildman–Crippen LogP) is 3.07. The largest absolute Gasteiger partial charge is 2.00 e. The Bertz CT molecular complexity index is 414. The van der Waals surface area contributed by atoms with Crippen molar-refractivity contribution in [2.75, 3.05) is 0 Å². The molecule has 1 aromatic rings. The van der Waals surface area contributed by atoms with E-state index in [1.807, 2.05) is 42.5 Å². The van der Waals surface area contributed by atoms with Gasteiger partial charge in [0.25, 0.3) is 0 Å². The van der Waals surface area contributed by atoms with Gasteiger partial charge in [-0.25, -0.2) is 12.1 Å². The van der Waals surface area contributed by atoms with E-state index in [1.54, 1.807) is 12.2 Å². The van der Waals surface area contributed by atoms with Crippen LogP contribution in [0.3, 0.4) is 0 Å². The second-order valence-electron chi connectivity index (χ2n) is 3.77. The van der Waals surface area contributed by atoms with E-state index < -0.39 is 0 Å². The molecule has 0 atom stereocenters. The molecule has 0 aliphatic heterocycles. The minimum atomic E-state index is -0.379. The van der Waals surface area contributed by atoms with Gasteiger partial charge in [-0.3, -0.25) is 4.79 Å². The molecule has 0 fully saturated rings. The van der Waals surface area contributed by atoms with Gasteiger partial charge in [-0.05, 0) is 30.0 Å². The second-order valence-corrected chi connectivity index (χ2v) is 4.19. The Hall–Kier alpha value is -1.15. The molecule has 1 aromatic carbocycles. The van der Waals surface area contributed by atoms with E-state index in [-0.39, 0.29) is 34.5 Å². The Morgan fingerprint density at radius 1 is 1.16 bits per heavy atom. The van der Waals surface area contributed by atoms with Crippen molar-refractivity contribution in [2.24, 2.45) is 0 Å². The van der Waals surface area contributed by atoms with Gasteiger partial charge in [-0.1, -0.05) is 24.3 Å². The fourth-order valence-corrected chi connectivity index (χ4v) is 1.55. The van der Waals surface area contributed by atoms with E-state index in [0.29, 0.717) is 18.4 Å². The third-order valence-corrected chi connectivity index (χ3v) is 2.51. The Kier molecular flexibility index (Phi) is 10.1. The van der Waals surface area contributed by atoms with Gasteiger partial charge < -0.3 is 5.11 Å². The molecule has 0 unspecified atom stereocenters. The maximum atomic E-state index is 11.3. The van der Waals surface area contributed by atoms with Crippen molar-refractivity contribution in [3.8, 4) is 0 Å². The fraction of sp³-hybridized carbons (Fsp3) is 0.200. The molecule has 102 valence electrons. The molecule has 0 saturated carbocycles. The number of carbonyl (C=O) groups excluding carboxylic acids is 1. The van der Waals surface area contributed by atoms with Crippen LogP contribution in [-0.2, 0) is 21.9 Å². The summed E-state index contributed by atoms with van der Waals surface area (Å²) in [4.78, 5) is 10.4. The van der Waals surface area contributed by atoms with Gasteiger partial charge in [0.2, 0.25) is 5.24 Å². The molecule has 0 radical (unpaired) electrons. The number of hydrogen-bond donors (Lipinski definition) is 0. The Morgan fingerprint density at radius 3 is 2.16 bits per heavy atom. The zero-order chi connectivity index (χ0) is 13.2. The maximum absolute atomic E-state index is 11.3. The number of halogens is 1. The van der Waals surface area contributed by atoms with E-state index in [1.165, 1.54) is 0 Å². The van der Waals surface area contributed by atoms with E-state index in [0.717, 1.165) is 0 Å². The van der Waals surface area contributed by atoms with E-state index in [4.69, 9.17) is 11.6 Å². The third kappa shape index (κ3) is 8.55. The molecule has 4 heteroatoms. The van der Waals surface area contributed by atoms with E-state index in [2.05, 4.69) is 0 Å². The quantitative estimate of drug-likeness (QED) is 0.370. The number of allylic oxidation sites excluding steroid dienone is 6. The van der Waals surface area contributed by atoms with Crippen molar-refractivity contribution >= 4 is 16.8 Å². The van der Waals surface area contributed by atoms with Crippen molar-refractivity contribution in [2.45, 2.75) is 19.3 Å². The number of carbonyl (C=O) groups is 1. The van der Waals surface area contributed by atoms with Crippen LogP contribution in [0.15, 0.2) is 66.0 Å². The van der Waals surface area contributed by atoms with Crippen LogP contribution in [-0.4, -0.2) is 5.24 Å². The van der Waals surface area contributed by atoms with Crippen molar-refractivity contribution in [1.82, 2.24) is 0 Å². The predicted molar refractivity (Wildman–Crippen MR) is 72.1 cm³/mol. The van der Waals surface area contributed by atoms with Gasteiger partial charge in [-0.2, -0.15) is 18.2 Å². The number of hydrogen-bond acceptors (Lipinski definition) is 2. The summed E-state index contributed by atoms with van der Waals surface area (Å²) in [5.74, 6) is 0.0721. The van der Waals surface area contributed by atoms with Gasteiger partial charge in [-0.15, -0.1) is 5.76 Å². The molecule has 0 bridgehead atoms. The third-order valence-electron chi connectivity index (χ3n) is 2.32. The molecule has 2 rings (SSSR count). The van der Waals surface area contributed by atoms with Crippen LogP contribution in [0.4, 0.5) is 0 Å². The summed E-state index contributed by atoms with van der Waals surface area (Å²) in [5.41, 5.74) is 0.710. The summed E-state index contributed by atoms with van der Waals surface area (Å²) >= 11 is 5.14. The van der Waals surface area contributed by atoms with Crippen LogP contribution in [0.5, 0.6) is 0 Å². The van der Waals surface area contributed by atoms with Gasteiger partial charge in [0.15, 0.2) is 0 Å². The average molecular weight is 319 g/mol. The van der Waals surface area contributed by atoms with Crippen molar-refractivity contribution in [3.05, 3.63) is 66.0 Å². The Morgan fingerprint density at radius 2 is 1.74 bits per heavy atom. The zero-order valence-corrected chi connectivity index (χ0v) is 12.2. The smallest absolute Gasteiger partial charge is 0.875 e. The second kappa shape index (κ2) is 10.7. The van der Waals surface area contributed by atoms with Gasteiger partial charge in [0.1, 0.15) is 0 Å². The van der Waals surface area contributed by atoms with Crippen molar-refractivity contribution in [3.63, 3.8) is 0 Å². The summed E-state index contributed by atoms with van der Waals surface area (Å²) < 4.78 is 0. The van der Waals surface area contributed by atoms with Gasteiger partial charge in [0.05, 0.1) is 0 Å².